The van der Waals surface area contributed by atoms with Crippen LogP contribution in [0.15, 0.2) is 29.6 Å². The van der Waals surface area contributed by atoms with Crippen molar-refractivity contribution in [2.45, 2.75) is 23.7 Å². The smallest absolute Gasteiger partial charge is 0.245 e. The Morgan fingerprint density at radius 2 is 2.26 bits per heavy atom. The van der Waals surface area contributed by atoms with Crippen LogP contribution >= 0.6 is 0 Å². The van der Waals surface area contributed by atoms with Crippen LogP contribution in [0.4, 0.5) is 0 Å². The second-order valence-electron chi connectivity index (χ2n) is 5.46. The lowest BCUT2D eigenvalue weighted by Gasteiger charge is -2.31. The number of sulfonamides is 1. The van der Waals surface area contributed by atoms with E-state index in [9.17, 15) is 8.42 Å². The number of hydrogen-bond donors (Lipinski definition) is 0. The van der Waals surface area contributed by atoms with Crippen molar-refractivity contribution in [3.05, 3.63) is 36.2 Å². The van der Waals surface area contributed by atoms with E-state index in [4.69, 9.17) is 5.26 Å². The van der Waals surface area contributed by atoms with Gasteiger partial charge in [0.15, 0.2) is 5.69 Å². The van der Waals surface area contributed by atoms with Gasteiger partial charge in [0.1, 0.15) is 23.1 Å². The molecule has 0 bridgehead atoms. The van der Waals surface area contributed by atoms with Gasteiger partial charge >= 0.3 is 0 Å². The van der Waals surface area contributed by atoms with E-state index in [1.807, 2.05) is 17.7 Å². The third-order valence-electron chi connectivity index (χ3n) is 3.99. The molecule has 0 saturated carbocycles. The Morgan fingerprint density at radius 3 is 2.96 bits per heavy atom. The first kappa shape index (κ1) is 15.6. The van der Waals surface area contributed by atoms with Gasteiger partial charge < -0.3 is 4.57 Å². The van der Waals surface area contributed by atoms with Crippen molar-refractivity contribution in [1.29, 1.82) is 5.26 Å². The van der Waals surface area contributed by atoms with Crippen LogP contribution in [0.25, 0.3) is 0 Å². The molecule has 1 unspecified atom stereocenters. The number of pyridine rings is 1. The molecule has 3 rings (SSSR count). The SMILES string of the molecule is Cn1cnnc1C1CCCN(S(=O)(=O)c2cccnc2C#N)C1. The molecule has 3 heterocycles. The summed E-state index contributed by atoms with van der Waals surface area (Å²) in [4.78, 5) is 3.81. The zero-order chi connectivity index (χ0) is 16.4. The molecular formula is C14H16N6O2S. The summed E-state index contributed by atoms with van der Waals surface area (Å²) in [6.07, 6.45) is 4.61. The summed E-state index contributed by atoms with van der Waals surface area (Å²) in [6, 6.07) is 4.79. The molecule has 0 aliphatic carbocycles. The highest BCUT2D eigenvalue weighted by atomic mass is 32.2. The monoisotopic (exact) mass is 332 g/mol. The Bertz CT molecular complexity index is 854. The molecule has 0 radical (unpaired) electrons. The summed E-state index contributed by atoms with van der Waals surface area (Å²) in [6.45, 7) is 0.755. The number of aryl methyl sites for hydroxylation is 1. The first-order chi connectivity index (χ1) is 11.0. The fourth-order valence-electron chi connectivity index (χ4n) is 2.85. The lowest BCUT2D eigenvalue weighted by molar-refractivity contribution is 0.306. The quantitative estimate of drug-likeness (QED) is 0.817. The van der Waals surface area contributed by atoms with E-state index in [0.29, 0.717) is 13.1 Å². The average molecular weight is 332 g/mol. The van der Waals surface area contributed by atoms with Crippen molar-refractivity contribution in [2.75, 3.05) is 13.1 Å². The van der Waals surface area contributed by atoms with E-state index in [0.717, 1.165) is 18.7 Å². The summed E-state index contributed by atoms with van der Waals surface area (Å²) in [5.41, 5.74) is -0.0757. The Balaban J connectivity index is 1.92. The molecular weight excluding hydrogens is 316 g/mol. The van der Waals surface area contributed by atoms with Crippen molar-refractivity contribution >= 4 is 10.0 Å². The van der Waals surface area contributed by atoms with Gasteiger partial charge in [0, 0.05) is 32.3 Å². The van der Waals surface area contributed by atoms with E-state index in [-0.39, 0.29) is 16.5 Å². The van der Waals surface area contributed by atoms with Crippen LogP contribution < -0.4 is 0 Å². The van der Waals surface area contributed by atoms with Crippen LogP contribution in [0, 0.1) is 11.3 Å². The van der Waals surface area contributed by atoms with Gasteiger partial charge in [-0.2, -0.15) is 9.57 Å². The van der Waals surface area contributed by atoms with Crippen molar-refractivity contribution in [2.24, 2.45) is 7.05 Å². The van der Waals surface area contributed by atoms with E-state index in [2.05, 4.69) is 15.2 Å². The van der Waals surface area contributed by atoms with Crippen LogP contribution in [-0.2, 0) is 17.1 Å². The van der Waals surface area contributed by atoms with E-state index >= 15 is 0 Å². The molecule has 0 aromatic carbocycles. The highest BCUT2D eigenvalue weighted by Gasteiger charge is 2.34. The molecule has 9 heteroatoms. The molecule has 0 N–H and O–H groups in total. The molecule has 8 nitrogen and oxygen atoms in total. The lowest BCUT2D eigenvalue weighted by atomic mass is 9.99. The number of hydrogen-bond acceptors (Lipinski definition) is 6. The van der Waals surface area contributed by atoms with Crippen LogP contribution in [0.3, 0.4) is 0 Å². The number of nitriles is 1. The molecule has 1 saturated heterocycles. The molecule has 0 amide bonds. The molecule has 2 aromatic heterocycles. The zero-order valence-electron chi connectivity index (χ0n) is 12.6. The summed E-state index contributed by atoms with van der Waals surface area (Å²) in [5, 5.41) is 17.1. The summed E-state index contributed by atoms with van der Waals surface area (Å²) in [5.74, 6) is 0.768. The minimum Gasteiger partial charge on any atom is -0.320 e. The van der Waals surface area contributed by atoms with E-state index in [1.54, 1.807) is 6.33 Å². The van der Waals surface area contributed by atoms with Gasteiger partial charge in [-0.3, -0.25) is 0 Å². The number of rotatable bonds is 3. The van der Waals surface area contributed by atoms with Crippen molar-refractivity contribution < 1.29 is 8.42 Å². The molecule has 1 atom stereocenters. The largest absolute Gasteiger partial charge is 0.320 e. The highest BCUT2D eigenvalue weighted by molar-refractivity contribution is 7.89. The molecule has 1 aliphatic heterocycles. The van der Waals surface area contributed by atoms with Gasteiger partial charge in [0.25, 0.3) is 0 Å². The highest BCUT2D eigenvalue weighted by Crippen LogP contribution is 2.29. The summed E-state index contributed by atoms with van der Waals surface area (Å²) >= 11 is 0. The number of piperidine rings is 1. The average Bonchev–Trinajstić information content (AvgIpc) is 3.01. The molecule has 23 heavy (non-hydrogen) atoms. The Morgan fingerprint density at radius 1 is 1.43 bits per heavy atom. The van der Waals surface area contributed by atoms with Crippen molar-refractivity contribution in [3.63, 3.8) is 0 Å². The molecule has 120 valence electrons. The Hall–Kier alpha value is -2.31. The van der Waals surface area contributed by atoms with Crippen molar-refractivity contribution in [3.8, 4) is 6.07 Å². The number of nitrogens with zero attached hydrogens (tertiary/aromatic N) is 6. The maximum Gasteiger partial charge on any atom is 0.245 e. The molecule has 1 fully saturated rings. The topological polar surface area (TPSA) is 105 Å². The third-order valence-corrected chi connectivity index (χ3v) is 5.89. The number of aromatic nitrogens is 4. The molecule has 1 aliphatic rings. The van der Waals surface area contributed by atoms with Crippen LogP contribution in [0.2, 0.25) is 0 Å². The minimum absolute atomic E-state index is 0.00627. The third kappa shape index (κ3) is 2.83. The van der Waals surface area contributed by atoms with Crippen LogP contribution in [0.1, 0.15) is 30.3 Å². The first-order valence-corrected chi connectivity index (χ1v) is 8.67. The predicted molar refractivity (Wildman–Crippen MR) is 80.7 cm³/mol. The van der Waals surface area contributed by atoms with E-state index < -0.39 is 10.0 Å². The fourth-order valence-corrected chi connectivity index (χ4v) is 4.47. The zero-order valence-corrected chi connectivity index (χ0v) is 13.4. The summed E-state index contributed by atoms with van der Waals surface area (Å²) < 4.78 is 28.9. The van der Waals surface area contributed by atoms with E-state index in [1.165, 1.54) is 22.6 Å². The van der Waals surface area contributed by atoms with Gasteiger partial charge in [0.05, 0.1) is 0 Å². The second kappa shape index (κ2) is 6.06. The standard InChI is InChI=1S/C14H16N6O2S/c1-19-10-17-18-14(19)11-4-3-7-20(9-11)23(21,22)13-5-2-6-16-12(13)8-15/h2,5-6,10-11H,3-4,7,9H2,1H3. The second-order valence-corrected chi connectivity index (χ2v) is 7.37. The predicted octanol–water partition coefficient (Wildman–Crippen LogP) is 0.650. The summed E-state index contributed by atoms with van der Waals surface area (Å²) in [7, 11) is -1.91. The van der Waals surface area contributed by atoms with Crippen LogP contribution in [-0.4, -0.2) is 45.6 Å². The Labute approximate surface area is 134 Å². The Kier molecular flexibility index (Phi) is 4.11. The van der Waals surface area contributed by atoms with Gasteiger partial charge in [-0.25, -0.2) is 13.4 Å². The maximum absolute atomic E-state index is 12.9. The van der Waals surface area contributed by atoms with Crippen molar-refractivity contribution in [1.82, 2.24) is 24.1 Å². The van der Waals surface area contributed by atoms with Gasteiger partial charge in [0.2, 0.25) is 10.0 Å². The fraction of sp³-hybridized carbons (Fsp3) is 0.429. The van der Waals surface area contributed by atoms with Gasteiger partial charge in [-0.15, -0.1) is 10.2 Å². The maximum atomic E-state index is 12.9. The van der Waals surface area contributed by atoms with Crippen LogP contribution in [0.5, 0.6) is 0 Å². The minimum atomic E-state index is -3.75. The van der Waals surface area contributed by atoms with Gasteiger partial charge in [-0.1, -0.05) is 0 Å². The normalized spacial score (nSPS) is 19.4. The van der Waals surface area contributed by atoms with Gasteiger partial charge in [-0.05, 0) is 25.0 Å². The lowest BCUT2D eigenvalue weighted by Crippen LogP contribution is -2.40. The molecule has 2 aromatic rings. The first-order valence-electron chi connectivity index (χ1n) is 7.23. The molecule has 0 spiro atoms.